The minimum Gasteiger partial charge on any atom is -0.489 e. The van der Waals surface area contributed by atoms with Gasteiger partial charge in [-0.2, -0.15) is 0 Å². The number of nitrogens with two attached hydrogens (primary N) is 2. The summed E-state index contributed by atoms with van der Waals surface area (Å²) in [5.41, 5.74) is 12.8. The number of carbonyl (C=O) groups is 1. The van der Waals surface area contributed by atoms with E-state index >= 15 is 0 Å². The number of hydrogen-bond donors (Lipinski definition) is 2. The molecule has 19 heavy (non-hydrogen) atoms. The predicted octanol–water partition coefficient (Wildman–Crippen LogP) is 2.60. The van der Waals surface area contributed by atoms with Gasteiger partial charge in [0.2, 0.25) is 5.91 Å². The van der Waals surface area contributed by atoms with Gasteiger partial charge in [-0.25, -0.2) is 0 Å². The highest BCUT2D eigenvalue weighted by Crippen LogP contribution is 2.20. The monoisotopic (exact) mass is 276 g/mol. The lowest BCUT2D eigenvalue weighted by Crippen LogP contribution is -2.10. The van der Waals surface area contributed by atoms with Crippen LogP contribution < -0.4 is 16.2 Å². The van der Waals surface area contributed by atoms with E-state index in [9.17, 15) is 4.79 Å². The fourth-order valence-electron chi connectivity index (χ4n) is 1.58. The molecular weight excluding hydrogens is 264 g/mol. The Hall–Kier alpha value is -2.20. The van der Waals surface area contributed by atoms with Gasteiger partial charge in [-0.1, -0.05) is 11.6 Å². The number of rotatable bonds is 4. The summed E-state index contributed by atoms with van der Waals surface area (Å²) in [4.78, 5) is 10.9. The number of ether oxygens (including phenoxy) is 1. The van der Waals surface area contributed by atoms with Crippen LogP contribution in [0.3, 0.4) is 0 Å². The molecule has 4 N–H and O–H groups in total. The molecule has 5 heteroatoms. The Bertz CT molecular complexity index is 597. The molecule has 2 aromatic rings. The van der Waals surface area contributed by atoms with Crippen LogP contribution in [0.4, 0.5) is 5.69 Å². The van der Waals surface area contributed by atoms with Crippen molar-refractivity contribution < 1.29 is 9.53 Å². The number of nitrogen functional groups attached to an aromatic ring is 1. The largest absolute Gasteiger partial charge is 0.489 e. The summed E-state index contributed by atoms with van der Waals surface area (Å²) in [6.07, 6.45) is 0. The van der Waals surface area contributed by atoms with Crippen molar-refractivity contribution in [1.82, 2.24) is 0 Å². The van der Waals surface area contributed by atoms with Crippen molar-refractivity contribution in [3.8, 4) is 5.75 Å². The van der Waals surface area contributed by atoms with Crippen LogP contribution in [-0.4, -0.2) is 5.91 Å². The standard InChI is InChI=1S/C14H13ClN2O2/c15-11-3-6-13(16)10(7-11)8-19-12-4-1-9(2-5-12)14(17)18/h1-7H,8,16H2,(H2,17,18). The first kappa shape index (κ1) is 13.2. The van der Waals surface area contributed by atoms with E-state index in [-0.39, 0.29) is 0 Å². The minimum absolute atomic E-state index is 0.308. The van der Waals surface area contributed by atoms with Gasteiger partial charge in [0.1, 0.15) is 12.4 Å². The van der Waals surface area contributed by atoms with Crippen LogP contribution in [-0.2, 0) is 6.61 Å². The van der Waals surface area contributed by atoms with Crippen molar-refractivity contribution >= 4 is 23.2 Å². The maximum atomic E-state index is 10.9. The van der Waals surface area contributed by atoms with Gasteiger partial charge < -0.3 is 16.2 Å². The van der Waals surface area contributed by atoms with E-state index in [1.165, 1.54) is 0 Å². The summed E-state index contributed by atoms with van der Waals surface area (Å²) >= 11 is 5.89. The van der Waals surface area contributed by atoms with E-state index in [1.54, 1.807) is 42.5 Å². The Morgan fingerprint density at radius 3 is 2.47 bits per heavy atom. The Morgan fingerprint density at radius 2 is 1.84 bits per heavy atom. The van der Waals surface area contributed by atoms with Crippen LogP contribution in [0.2, 0.25) is 5.02 Å². The van der Waals surface area contributed by atoms with Gasteiger partial charge in [0.05, 0.1) is 0 Å². The van der Waals surface area contributed by atoms with Gasteiger partial charge >= 0.3 is 0 Å². The Morgan fingerprint density at radius 1 is 1.16 bits per heavy atom. The maximum Gasteiger partial charge on any atom is 0.248 e. The molecule has 98 valence electrons. The first-order valence-electron chi connectivity index (χ1n) is 5.63. The minimum atomic E-state index is -0.467. The fraction of sp³-hybridized carbons (Fsp3) is 0.0714. The summed E-state index contributed by atoms with van der Waals surface area (Å²) in [6.45, 7) is 0.308. The molecule has 1 amide bonds. The molecule has 0 aliphatic heterocycles. The molecule has 0 radical (unpaired) electrons. The first-order chi connectivity index (χ1) is 9.06. The van der Waals surface area contributed by atoms with Crippen molar-refractivity contribution in [3.63, 3.8) is 0 Å². The molecule has 0 bridgehead atoms. The number of anilines is 1. The number of primary amides is 1. The normalized spacial score (nSPS) is 10.2. The van der Waals surface area contributed by atoms with E-state index < -0.39 is 5.91 Å². The molecule has 0 saturated heterocycles. The number of benzene rings is 2. The SMILES string of the molecule is NC(=O)c1ccc(OCc2cc(Cl)ccc2N)cc1. The first-order valence-corrected chi connectivity index (χ1v) is 6.00. The molecule has 0 heterocycles. The predicted molar refractivity (Wildman–Crippen MR) is 75.2 cm³/mol. The molecule has 2 rings (SSSR count). The van der Waals surface area contributed by atoms with Crippen molar-refractivity contribution in [2.45, 2.75) is 6.61 Å². The zero-order valence-corrected chi connectivity index (χ0v) is 10.9. The van der Waals surface area contributed by atoms with Gasteiger partial charge in [0, 0.05) is 21.8 Å². The molecule has 4 nitrogen and oxygen atoms in total. The summed E-state index contributed by atoms with van der Waals surface area (Å²) in [5.74, 6) is 0.162. The quantitative estimate of drug-likeness (QED) is 0.843. The average Bonchev–Trinajstić information content (AvgIpc) is 2.40. The highest BCUT2D eigenvalue weighted by molar-refractivity contribution is 6.30. The maximum absolute atomic E-state index is 10.9. The highest BCUT2D eigenvalue weighted by Gasteiger charge is 2.03. The average molecular weight is 277 g/mol. The summed E-state index contributed by atoms with van der Waals surface area (Å²) in [5, 5.41) is 0.608. The molecule has 0 spiro atoms. The summed E-state index contributed by atoms with van der Waals surface area (Å²) in [7, 11) is 0. The molecule has 0 saturated carbocycles. The lowest BCUT2D eigenvalue weighted by Gasteiger charge is -2.09. The van der Waals surface area contributed by atoms with Crippen LogP contribution in [0.15, 0.2) is 42.5 Å². The van der Waals surface area contributed by atoms with Gasteiger partial charge in [-0.3, -0.25) is 4.79 Å². The number of carbonyl (C=O) groups excluding carboxylic acids is 1. The van der Waals surface area contributed by atoms with Gasteiger partial charge in [-0.15, -0.1) is 0 Å². The smallest absolute Gasteiger partial charge is 0.248 e. The van der Waals surface area contributed by atoms with Gasteiger partial charge in [0.25, 0.3) is 0 Å². The molecule has 0 aliphatic rings. The molecular formula is C14H13ClN2O2. The molecule has 2 aromatic carbocycles. The molecule has 0 unspecified atom stereocenters. The van der Waals surface area contributed by atoms with Crippen molar-refractivity contribution in [1.29, 1.82) is 0 Å². The topological polar surface area (TPSA) is 78.3 Å². The Balaban J connectivity index is 2.06. The van der Waals surface area contributed by atoms with Gasteiger partial charge in [0.15, 0.2) is 0 Å². The second-order valence-electron chi connectivity index (χ2n) is 4.02. The lowest BCUT2D eigenvalue weighted by atomic mass is 10.2. The third-order valence-corrected chi connectivity index (χ3v) is 2.87. The van der Waals surface area contributed by atoms with Crippen LogP contribution >= 0.6 is 11.6 Å². The van der Waals surface area contributed by atoms with Crippen LogP contribution in [0, 0.1) is 0 Å². The van der Waals surface area contributed by atoms with Crippen LogP contribution in [0.1, 0.15) is 15.9 Å². The zero-order chi connectivity index (χ0) is 13.8. The van der Waals surface area contributed by atoms with E-state index in [4.69, 9.17) is 27.8 Å². The number of halogens is 1. The number of amides is 1. The zero-order valence-electron chi connectivity index (χ0n) is 10.1. The van der Waals surface area contributed by atoms with Crippen LogP contribution in [0.25, 0.3) is 0 Å². The van der Waals surface area contributed by atoms with E-state index in [2.05, 4.69) is 0 Å². The third-order valence-electron chi connectivity index (χ3n) is 2.64. The third kappa shape index (κ3) is 3.39. The van der Waals surface area contributed by atoms with E-state index in [0.717, 1.165) is 5.56 Å². The Labute approximate surface area is 115 Å². The highest BCUT2D eigenvalue weighted by atomic mass is 35.5. The molecule has 0 atom stereocenters. The molecule has 0 fully saturated rings. The van der Waals surface area contributed by atoms with Gasteiger partial charge in [-0.05, 0) is 42.5 Å². The summed E-state index contributed by atoms with van der Waals surface area (Å²) < 4.78 is 5.57. The molecule has 0 aromatic heterocycles. The number of hydrogen-bond acceptors (Lipinski definition) is 3. The van der Waals surface area contributed by atoms with Crippen molar-refractivity contribution in [3.05, 3.63) is 58.6 Å². The van der Waals surface area contributed by atoms with E-state index in [1.807, 2.05) is 0 Å². The molecule has 0 aliphatic carbocycles. The van der Waals surface area contributed by atoms with E-state index in [0.29, 0.717) is 28.6 Å². The van der Waals surface area contributed by atoms with Crippen molar-refractivity contribution in [2.24, 2.45) is 5.73 Å². The lowest BCUT2D eigenvalue weighted by molar-refractivity contribution is 0.100. The second kappa shape index (κ2) is 5.63. The van der Waals surface area contributed by atoms with Crippen molar-refractivity contribution in [2.75, 3.05) is 5.73 Å². The fourth-order valence-corrected chi connectivity index (χ4v) is 1.77. The van der Waals surface area contributed by atoms with Crippen LogP contribution in [0.5, 0.6) is 5.75 Å². The summed E-state index contributed by atoms with van der Waals surface area (Å²) in [6, 6.07) is 11.8. The Kier molecular flexibility index (Phi) is 3.92. The second-order valence-corrected chi connectivity index (χ2v) is 4.46.